The number of thiazole rings is 1. The van der Waals surface area contributed by atoms with Gasteiger partial charge in [0.1, 0.15) is 18.9 Å². The summed E-state index contributed by atoms with van der Waals surface area (Å²) >= 11 is 13.8. The van der Waals surface area contributed by atoms with Gasteiger partial charge in [-0.1, -0.05) is 35.3 Å². The molecule has 0 saturated carbocycles. The molecule has 2 aromatic carbocycles. The first-order chi connectivity index (χ1) is 14.9. The lowest BCUT2D eigenvalue weighted by Gasteiger charge is -2.21. The van der Waals surface area contributed by atoms with Crippen molar-refractivity contribution in [3.63, 3.8) is 0 Å². The van der Waals surface area contributed by atoms with Gasteiger partial charge in [-0.2, -0.15) is 0 Å². The molecule has 9 heteroatoms. The number of aryl methyl sites for hydroxylation is 1. The highest BCUT2D eigenvalue weighted by Gasteiger charge is 2.19. The molecule has 3 aromatic rings. The fraction of sp³-hybridized carbons (Fsp3) is 0.227. The number of nitrogens with zero attached hydrogens (tertiary/aromatic N) is 2. The number of halogens is 2. The van der Waals surface area contributed by atoms with Gasteiger partial charge in [-0.25, -0.2) is 4.98 Å². The molecule has 31 heavy (non-hydrogen) atoms. The molecule has 0 aliphatic carbocycles. The molecule has 3 rings (SSSR count). The minimum atomic E-state index is -0.392. The van der Waals surface area contributed by atoms with Crippen molar-refractivity contribution in [1.29, 1.82) is 0 Å². The molecule has 0 unspecified atom stereocenters. The van der Waals surface area contributed by atoms with Gasteiger partial charge in [0.05, 0.1) is 26.4 Å². The molecule has 0 bridgehead atoms. The normalized spacial score (nSPS) is 10.6. The van der Waals surface area contributed by atoms with Gasteiger partial charge in [0.15, 0.2) is 0 Å². The monoisotopic (exact) mass is 477 g/mol. The highest BCUT2D eigenvalue weighted by Crippen LogP contribution is 2.29. The lowest BCUT2D eigenvalue weighted by Crippen LogP contribution is -2.38. The Labute approximate surface area is 194 Å². The van der Waals surface area contributed by atoms with E-state index in [1.165, 1.54) is 4.90 Å². The van der Waals surface area contributed by atoms with Gasteiger partial charge in [-0.05, 0) is 44.2 Å². The van der Waals surface area contributed by atoms with Crippen molar-refractivity contribution in [2.75, 3.05) is 18.4 Å². The maximum atomic E-state index is 13.0. The van der Waals surface area contributed by atoms with E-state index in [4.69, 9.17) is 27.9 Å². The summed E-state index contributed by atoms with van der Waals surface area (Å²) in [6.07, 6.45) is 0. The number of para-hydroxylation sites is 1. The zero-order valence-electron chi connectivity index (χ0n) is 17.0. The predicted molar refractivity (Wildman–Crippen MR) is 124 cm³/mol. The van der Waals surface area contributed by atoms with E-state index in [9.17, 15) is 9.59 Å². The van der Waals surface area contributed by atoms with Crippen molar-refractivity contribution in [1.82, 2.24) is 9.88 Å². The molecule has 1 aromatic heterocycles. The zero-order chi connectivity index (χ0) is 22.4. The summed E-state index contributed by atoms with van der Waals surface area (Å²) in [5, 5.41) is 6.24. The summed E-state index contributed by atoms with van der Waals surface area (Å²) in [5.41, 5.74) is 1.59. The number of hydrogen-bond acceptors (Lipinski definition) is 5. The van der Waals surface area contributed by atoms with Crippen molar-refractivity contribution < 1.29 is 14.3 Å². The van der Waals surface area contributed by atoms with Crippen LogP contribution in [0.1, 0.15) is 28.0 Å². The van der Waals surface area contributed by atoms with Crippen LogP contribution < -0.4 is 10.1 Å². The smallest absolute Gasteiger partial charge is 0.254 e. The number of benzene rings is 2. The van der Waals surface area contributed by atoms with Gasteiger partial charge in [0.25, 0.3) is 5.91 Å². The lowest BCUT2D eigenvalue weighted by molar-refractivity contribution is -0.116. The third-order valence-corrected chi connectivity index (χ3v) is 5.82. The summed E-state index contributed by atoms with van der Waals surface area (Å²) in [6, 6.07) is 11.8. The standard InChI is InChI=1S/C22H21Cl2N3O3S/c1-3-27(11-20(28)26-21-18(23)8-5-9-19(21)24)22(29)15-6-4-7-17(10-15)30-12-16-13-31-14(2)25-16/h4-10,13H,3,11-12H2,1-2H3,(H,26,28). The Hall–Kier alpha value is -2.61. The molecule has 6 nitrogen and oxygen atoms in total. The number of carbonyl (C=O) groups is 2. The van der Waals surface area contributed by atoms with Crippen molar-refractivity contribution in [2.24, 2.45) is 0 Å². The Kier molecular flexibility index (Phi) is 7.90. The molecule has 0 radical (unpaired) electrons. The Bertz CT molecular complexity index is 1070. The number of aromatic nitrogens is 1. The third-order valence-electron chi connectivity index (χ3n) is 4.36. The van der Waals surface area contributed by atoms with Gasteiger partial charge in [0, 0.05) is 17.5 Å². The molecule has 0 saturated heterocycles. The number of ether oxygens (including phenoxy) is 1. The van der Waals surface area contributed by atoms with E-state index in [0.29, 0.717) is 40.2 Å². The average Bonchev–Trinajstić information content (AvgIpc) is 3.18. The first-order valence-electron chi connectivity index (χ1n) is 9.54. The van der Waals surface area contributed by atoms with Crippen LogP contribution in [0.25, 0.3) is 0 Å². The van der Waals surface area contributed by atoms with Crippen LogP contribution in [-0.4, -0.2) is 34.8 Å². The van der Waals surface area contributed by atoms with E-state index < -0.39 is 5.91 Å². The molecule has 0 atom stereocenters. The van der Waals surface area contributed by atoms with Gasteiger partial charge >= 0.3 is 0 Å². The number of likely N-dealkylation sites (N-methyl/N-ethyl adjacent to an activating group) is 1. The minimum Gasteiger partial charge on any atom is -0.487 e. The molecule has 0 spiro atoms. The van der Waals surface area contributed by atoms with Crippen LogP contribution in [0.4, 0.5) is 5.69 Å². The van der Waals surface area contributed by atoms with E-state index in [1.807, 2.05) is 12.3 Å². The van der Waals surface area contributed by atoms with Crippen LogP contribution in [-0.2, 0) is 11.4 Å². The highest BCUT2D eigenvalue weighted by molar-refractivity contribution is 7.09. The van der Waals surface area contributed by atoms with Gasteiger partial charge in [-0.3, -0.25) is 9.59 Å². The highest BCUT2D eigenvalue weighted by atomic mass is 35.5. The number of hydrogen-bond donors (Lipinski definition) is 1. The quantitative estimate of drug-likeness (QED) is 0.468. The van der Waals surface area contributed by atoms with Crippen LogP contribution in [0.5, 0.6) is 5.75 Å². The first-order valence-corrected chi connectivity index (χ1v) is 11.2. The number of rotatable bonds is 8. The topological polar surface area (TPSA) is 71.5 Å². The van der Waals surface area contributed by atoms with Gasteiger partial charge in [0.2, 0.25) is 5.91 Å². The average molecular weight is 478 g/mol. The second-order valence-corrected chi connectivity index (χ2v) is 8.52. The van der Waals surface area contributed by atoms with Crippen LogP contribution in [0.3, 0.4) is 0 Å². The fourth-order valence-electron chi connectivity index (χ4n) is 2.83. The number of anilines is 1. The first kappa shape index (κ1) is 23.1. The molecule has 162 valence electrons. The molecular formula is C22H21Cl2N3O3S. The summed E-state index contributed by atoms with van der Waals surface area (Å²) in [5.74, 6) is -0.116. The molecule has 0 fully saturated rings. The summed E-state index contributed by atoms with van der Waals surface area (Å²) in [6.45, 7) is 4.27. The van der Waals surface area contributed by atoms with Crippen molar-refractivity contribution >= 4 is 52.0 Å². The maximum absolute atomic E-state index is 13.0. The van der Waals surface area contributed by atoms with E-state index in [1.54, 1.807) is 60.7 Å². The number of carbonyl (C=O) groups excluding carboxylic acids is 2. The van der Waals surface area contributed by atoms with E-state index in [2.05, 4.69) is 10.3 Å². The molecule has 2 amide bonds. The molecule has 0 aliphatic heterocycles. The van der Waals surface area contributed by atoms with Crippen LogP contribution in [0, 0.1) is 6.92 Å². The molecule has 1 heterocycles. The Morgan fingerprint density at radius 1 is 1.16 bits per heavy atom. The van der Waals surface area contributed by atoms with E-state index in [-0.39, 0.29) is 12.5 Å². The minimum absolute atomic E-state index is 0.139. The second-order valence-electron chi connectivity index (χ2n) is 6.64. The maximum Gasteiger partial charge on any atom is 0.254 e. The van der Waals surface area contributed by atoms with Crippen LogP contribution in [0.15, 0.2) is 47.8 Å². The number of nitrogens with one attached hydrogen (secondary N) is 1. The van der Waals surface area contributed by atoms with Crippen molar-refractivity contribution in [3.8, 4) is 5.75 Å². The van der Waals surface area contributed by atoms with Crippen LogP contribution >= 0.6 is 34.5 Å². The fourth-order valence-corrected chi connectivity index (χ4v) is 3.92. The SMILES string of the molecule is CCN(CC(=O)Nc1c(Cl)cccc1Cl)C(=O)c1cccc(OCc2csc(C)n2)c1. The Morgan fingerprint density at radius 3 is 2.52 bits per heavy atom. The van der Waals surface area contributed by atoms with Gasteiger partial charge < -0.3 is 15.0 Å². The largest absolute Gasteiger partial charge is 0.487 e. The Morgan fingerprint density at radius 2 is 1.87 bits per heavy atom. The third kappa shape index (κ3) is 6.19. The Balaban J connectivity index is 1.65. The summed E-state index contributed by atoms with van der Waals surface area (Å²) < 4.78 is 5.76. The van der Waals surface area contributed by atoms with Crippen LogP contribution in [0.2, 0.25) is 10.0 Å². The molecular weight excluding hydrogens is 457 g/mol. The van der Waals surface area contributed by atoms with Gasteiger partial charge in [-0.15, -0.1) is 11.3 Å². The summed E-state index contributed by atoms with van der Waals surface area (Å²) in [4.78, 5) is 31.2. The predicted octanol–water partition coefficient (Wildman–Crippen LogP) is 5.44. The van der Waals surface area contributed by atoms with E-state index >= 15 is 0 Å². The van der Waals surface area contributed by atoms with Crippen molar-refractivity contribution in [3.05, 3.63) is 74.2 Å². The molecule has 0 aliphatic rings. The van der Waals surface area contributed by atoms with E-state index in [0.717, 1.165) is 10.7 Å². The zero-order valence-corrected chi connectivity index (χ0v) is 19.4. The van der Waals surface area contributed by atoms with Crippen molar-refractivity contribution in [2.45, 2.75) is 20.5 Å². The second kappa shape index (κ2) is 10.6. The number of amides is 2. The summed E-state index contributed by atoms with van der Waals surface area (Å²) in [7, 11) is 0. The lowest BCUT2D eigenvalue weighted by atomic mass is 10.2. The molecule has 1 N–H and O–H groups in total.